The lowest BCUT2D eigenvalue weighted by molar-refractivity contribution is -0.138. The summed E-state index contributed by atoms with van der Waals surface area (Å²) >= 11 is 12.3. The van der Waals surface area contributed by atoms with E-state index in [2.05, 4.69) is 15.4 Å². The van der Waals surface area contributed by atoms with Crippen LogP contribution in [0.3, 0.4) is 0 Å². The molecule has 5 nitrogen and oxygen atoms in total. The maximum absolute atomic E-state index is 13.4. The molecule has 3 aromatic rings. The first-order valence-electron chi connectivity index (χ1n) is 7.39. The van der Waals surface area contributed by atoms with Crippen molar-refractivity contribution in [2.24, 2.45) is 0 Å². The van der Waals surface area contributed by atoms with E-state index < -0.39 is 18.0 Å². The Hall–Kier alpha value is -2.57. The fourth-order valence-corrected chi connectivity index (χ4v) is 2.93. The zero-order chi connectivity index (χ0) is 19.9. The van der Waals surface area contributed by atoms with Gasteiger partial charge in [-0.2, -0.15) is 28.0 Å². The van der Waals surface area contributed by atoms with Gasteiger partial charge in [-0.1, -0.05) is 23.2 Å². The predicted molar refractivity (Wildman–Crippen MR) is 92.3 cm³/mol. The number of nitrogens with one attached hydrogen (secondary N) is 1. The first-order chi connectivity index (χ1) is 12.6. The maximum Gasteiger partial charge on any atom is 0.408 e. The van der Waals surface area contributed by atoms with Crippen molar-refractivity contribution in [3.8, 4) is 17.2 Å². The molecule has 11 heteroatoms. The molecule has 1 N–H and O–H groups in total. The van der Waals surface area contributed by atoms with Crippen LogP contribution in [0.25, 0.3) is 16.8 Å². The predicted octanol–water partition coefficient (Wildman–Crippen LogP) is 5.08. The van der Waals surface area contributed by atoms with Gasteiger partial charge in [-0.05, 0) is 25.1 Å². The highest BCUT2D eigenvalue weighted by molar-refractivity contribution is 6.36. The zero-order valence-corrected chi connectivity index (χ0v) is 15.0. The highest BCUT2D eigenvalue weighted by Gasteiger charge is 2.37. The van der Waals surface area contributed by atoms with Gasteiger partial charge in [0.15, 0.2) is 5.65 Å². The Labute approximate surface area is 160 Å². The van der Waals surface area contributed by atoms with Crippen LogP contribution in [0.5, 0.6) is 0 Å². The molecule has 140 valence electrons. The largest absolute Gasteiger partial charge is 0.408 e. The number of anilines is 1. The highest BCUT2D eigenvalue weighted by atomic mass is 35.5. The zero-order valence-electron chi connectivity index (χ0n) is 13.4. The van der Waals surface area contributed by atoms with Crippen molar-refractivity contribution in [2.75, 3.05) is 5.32 Å². The van der Waals surface area contributed by atoms with E-state index in [-0.39, 0.29) is 38.3 Å². The van der Waals surface area contributed by atoms with E-state index in [0.717, 1.165) is 29.8 Å². The van der Waals surface area contributed by atoms with Crippen molar-refractivity contribution in [1.82, 2.24) is 14.6 Å². The summed E-state index contributed by atoms with van der Waals surface area (Å²) in [6, 6.07) is 3.21. The SMILES string of the molecule is CC(Nc1c(-c2ccc(F)cc2Cl)c(Cl)nc2c(C#N)cnn12)C(F)(F)F. The molecule has 3 rings (SSSR count). The molecular formula is C16H9Cl2F4N5. The van der Waals surface area contributed by atoms with E-state index in [4.69, 9.17) is 28.5 Å². The van der Waals surface area contributed by atoms with Crippen molar-refractivity contribution < 1.29 is 17.6 Å². The van der Waals surface area contributed by atoms with Crippen LogP contribution in [-0.2, 0) is 0 Å². The number of rotatable bonds is 3. The summed E-state index contributed by atoms with van der Waals surface area (Å²) in [5, 5.41) is 15.1. The molecule has 2 heterocycles. The maximum atomic E-state index is 13.4. The molecule has 0 saturated heterocycles. The Morgan fingerprint density at radius 3 is 2.59 bits per heavy atom. The summed E-state index contributed by atoms with van der Waals surface area (Å²) in [6.45, 7) is 0.908. The van der Waals surface area contributed by atoms with E-state index >= 15 is 0 Å². The van der Waals surface area contributed by atoms with Gasteiger partial charge in [0.1, 0.15) is 34.5 Å². The lowest BCUT2D eigenvalue weighted by atomic mass is 10.1. The highest BCUT2D eigenvalue weighted by Crippen LogP contribution is 2.40. The van der Waals surface area contributed by atoms with Gasteiger partial charge in [-0.15, -0.1) is 0 Å². The van der Waals surface area contributed by atoms with E-state index in [9.17, 15) is 17.6 Å². The second kappa shape index (κ2) is 6.87. The monoisotopic (exact) mass is 417 g/mol. The molecule has 0 aliphatic heterocycles. The minimum Gasteiger partial charge on any atom is -0.358 e. The molecule has 0 radical (unpaired) electrons. The van der Waals surface area contributed by atoms with Crippen molar-refractivity contribution in [3.63, 3.8) is 0 Å². The lowest BCUT2D eigenvalue weighted by Crippen LogP contribution is -2.34. The Kier molecular flexibility index (Phi) is 4.88. The second-order valence-electron chi connectivity index (χ2n) is 5.56. The summed E-state index contributed by atoms with van der Waals surface area (Å²) in [4.78, 5) is 4.05. The summed E-state index contributed by atoms with van der Waals surface area (Å²) in [6.07, 6.45) is -3.42. The second-order valence-corrected chi connectivity index (χ2v) is 6.33. The molecular weight excluding hydrogens is 409 g/mol. The van der Waals surface area contributed by atoms with Crippen LogP contribution in [0.1, 0.15) is 12.5 Å². The Morgan fingerprint density at radius 2 is 2.00 bits per heavy atom. The summed E-state index contributed by atoms with van der Waals surface area (Å²) in [5.74, 6) is -0.803. The Balaban J connectivity index is 2.33. The average Bonchev–Trinajstić information content (AvgIpc) is 2.97. The van der Waals surface area contributed by atoms with Gasteiger partial charge in [-0.25, -0.2) is 9.37 Å². The Morgan fingerprint density at radius 1 is 1.30 bits per heavy atom. The van der Waals surface area contributed by atoms with Crippen LogP contribution >= 0.6 is 23.2 Å². The van der Waals surface area contributed by atoms with Crippen molar-refractivity contribution in [1.29, 1.82) is 5.26 Å². The summed E-state index contributed by atoms with van der Waals surface area (Å²) < 4.78 is 53.7. The van der Waals surface area contributed by atoms with Gasteiger partial charge in [0.05, 0.1) is 16.8 Å². The first-order valence-corrected chi connectivity index (χ1v) is 8.15. The fraction of sp³-hybridized carbons (Fsp3) is 0.188. The normalized spacial score (nSPS) is 12.8. The van der Waals surface area contributed by atoms with Crippen LogP contribution in [0.4, 0.5) is 23.4 Å². The van der Waals surface area contributed by atoms with Crippen LogP contribution in [0.2, 0.25) is 10.2 Å². The van der Waals surface area contributed by atoms with Gasteiger partial charge in [0.25, 0.3) is 0 Å². The first kappa shape index (κ1) is 19.2. The van der Waals surface area contributed by atoms with E-state index in [1.807, 2.05) is 6.07 Å². The number of benzene rings is 1. The summed E-state index contributed by atoms with van der Waals surface area (Å²) in [7, 11) is 0. The molecule has 0 bridgehead atoms. The van der Waals surface area contributed by atoms with Gasteiger partial charge in [0, 0.05) is 5.56 Å². The molecule has 0 fully saturated rings. The molecule has 2 aromatic heterocycles. The van der Waals surface area contributed by atoms with E-state index in [1.165, 1.54) is 6.07 Å². The van der Waals surface area contributed by atoms with Crippen LogP contribution in [-0.4, -0.2) is 26.8 Å². The standard InChI is InChI=1S/C16H9Cl2F4N5/c1-7(16(20,21)22)25-15-12(10-3-2-9(19)4-11(10)17)13(18)26-14-8(5-23)6-24-27(14)15/h2-4,6-7,25H,1H3. The number of nitrogens with zero attached hydrogens (tertiary/aromatic N) is 4. The molecule has 1 unspecified atom stereocenters. The third-order valence-corrected chi connectivity index (χ3v) is 4.35. The van der Waals surface area contributed by atoms with Crippen molar-refractivity contribution >= 4 is 34.7 Å². The Bertz CT molecular complexity index is 1070. The number of aromatic nitrogens is 3. The number of fused-ring (bicyclic) bond motifs is 1. The summed E-state index contributed by atoms with van der Waals surface area (Å²) in [5.41, 5.74) is 0.152. The molecule has 0 spiro atoms. The van der Waals surface area contributed by atoms with Crippen molar-refractivity contribution in [2.45, 2.75) is 19.1 Å². The quantitative estimate of drug-likeness (QED) is 0.476. The van der Waals surface area contributed by atoms with Crippen LogP contribution in [0, 0.1) is 17.1 Å². The molecule has 0 amide bonds. The number of hydrogen-bond acceptors (Lipinski definition) is 4. The number of hydrogen-bond donors (Lipinski definition) is 1. The van der Waals surface area contributed by atoms with Gasteiger partial charge >= 0.3 is 6.18 Å². The van der Waals surface area contributed by atoms with Crippen molar-refractivity contribution in [3.05, 3.63) is 46.0 Å². The molecule has 0 aliphatic carbocycles. The minimum atomic E-state index is -4.57. The smallest absolute Gasteiger partial charge is 0.358 e. The van der Waals surface area contributed by atoms with E-state index in [1.54, 1.807) is 0 Å². The van der Waals surface area contributed by atoms with E-state index in [0.29, 0.717) is 0 Å². The molecule has 0 aliphatic rings. The molecule has 27 heavy (non-hydrogen) atoms. The number of nitriles is 1. The third-order valence-electron chi connectivity index (χ3n) is 3.77. The van der Waals surface area contributed by atoms with Gasteiger partial charge in [-0.3, -0.25) is 0 Å². The van der Waals surface area contributed by atoms with Gasteiger partial charge < -0.3 is 5.32 Å². The van der Waals surface area contributed by atoms with Gasteiger partial charge in [0.2, 0.25) is 0 Å². The fourth-order valence-electron chi connectivity index (χ4n) is 2.40. The number of alkyl halides is 3. The van der Waals surface area contributed by atoms with Crippen LogP contribution in [0.15, 0.2) is 24.4 Å². The topological polar surface area (TPSA) is 66.0 Å². The average molecular weight is 418 g/mol. The molecule has 1 atom stereocenters. The minimum absolute atomic E-state index is 0.00198. The molecule has 1 aromatic carbocycles. The van der Waals surface area contributed by atoms with Crippen LogP contribution < -0.4 is 5.32 Å². The lowest BCUT2D eigenvalue weighted by Gasteiger charge is -2.22. The molecule has 0 saturated carbocycles. The third kappa shape index (κ3) is 3.50. The number of halogens is 6.